The van der Waals surface area contributed by atoms with Crippen LogP contribution in [-0.4, -0.2) is 87.3 Å². The van der Waals surface area contributed by atoms with Crippen molar-refractivity contribution in [2.24, 2.45) is 34.0 Å². The molecule has 0 saturated heterocycles. The third kappa shape index (κ3) is 7.66. The molecule has 0 spiro atoms. The molecule has 0 aromatic carbocycles. The van der Waals surface area contributed by atoms with E-state index >= 15 is 0 Å². The van der Waals surface area contributed by atoms with Gasteiger partial charge in [-0.25, -0.2) is 9.59 Å². The van der Waals surface area contributed by atoms with Crippen molar-refractivity contribution < 1.29 is 39.2 Å². The number of esters is 1. The highest BCUT2D eigenvalue weighted by Gasteiger charge is 2.68. The Morgan fingerprint density at radius 3 is 2.21 bits per heavy atom. The third-order valence-corrected chi connectivity index (χ3v) is 11.5. The molecule has 3 N–H and O–H groups in total. The van der Waals surface area contributed by atoms with E-state index in [1.54, 1.807) is 11.8 Å². The first-order valence-electron chi connectivity index (χ1n) is 15.1. The van der Waals surface area contributed by atoms with Gasteiger partial charge in [0.2, 0.25) is 0 Å². The number of carbonyl (C=O) groups excluding carboxylic acids is 2. The number of carboxylic acid groups (broad SMARTS) is 2. The van der Waals surface area contributed by atoms with Crippen LogP contribution in [0.3, 0.4) is 0 Å². The standard InChI is InChI=1S/C28H47NO4S.C4H4O4/c1-8-26(6)17-22(33-23(31)18-34-16-15-29(9-2)10-3)27(7)19(4)11-13-28(20(5)25(26)32)14-12-21(30)24(27)28;5-3(6)1-2-4(7)8/h8,19-20,22,24-25,32H,1,9-18H2,2-7H3;1-2H,(H,5,6)(H,7,8)/b;2-1+/t19?,20-,22+,24-,25-,26+,27-,28?;/m1./s1. The topological polar surface area (TPSA) is 141 Å². The lowest BCUT2D eigenvalue weighted by Crippen LogP contribution is -2.63. The zero-order valence-corrected chi connectivity index (χ0v) is 27.0. The van der Waals surface area contributed by atoms with Crippen LogP contribution in [0.4, 0.5) is 0 Å². The van der Waals surface area contributed by atoms with Crippen LogP contribution in [0.1, 0.15) is 73.6 Å². The van der Waals surface area contributed by atoms with Gasteiger partial charge in [0.25, 0.3) is 0 Å². The summed E-state index contributed by atoms with van der Waals surface area (Å²) in [7, 11) is 0. The predicted molar refractivity (Wildman–Crippen MR) is 164 cm³/mol. The summed E-state index contributed by atoms with van der Waals surface area (Å²) in [5.74, 6) is -1.14. The number of ether oxygens (including phenoxy) is 1. The maximum absolute atomic E-state index is 13.4. The van der Waals surface area contributed by atoms with Crippen molar-refractivity contribution in [2.45, 2.75) is 85.9 Å². The molecular weight excluding hydrogens is 558 g/mol. The first kappa shape index (κ1) is 36.0. The molecule has 0 amide bonds. The van der Waals surface area contributed by atoms with Crippen LogP contribution in [0, 0.1) is 34.0 Å². The van der Waals surface area contributed by atoms with Crippen LogP contribution in [0.15, 0.2) is 24.8 Å². The summed E-state index contributed by atoms with van der Waals surface area (Å²) >= 11 is 1.61. The number of aliphatic hydroxyl groups excluding tert-OH is 1. The number of aliphatic hydroxyl groups is 1. The van der Waals surface area contributed by atoms with Crippen molar-refractivity contribution in [1.29, 1.82) is 0 Å². The number of hydrogen-bond acceptors (Lipinski definition) is 8. The zero-order chi connectivity index (χ0) is 31.9. The SMILES string of the molecule is C=C[C@@]1(C)C[C@H](OC(=O)CSCCN(CC)CC)[C@@]2(C)C(C)CCC3(CCC(=O)[C@@H]32)[C@H](C)[C@H]1O.O=C(O)/C=C/C(=O)O. The fraction of sp³-hybridized carbons (Fsp3) is 0.750. The van der Waals surface area contributed by atoms with E-state index in [9.17, 15) is 24.3 Å². The number of ketones is 1. The van der Waals surface area contributed by atoms with Crippen molar-refractivity contribution >= 4 is 35.5 Å². The summed E-state index contributed by atoms with van der Waals surface area (Å²) in [4.78, 5) is 48.0. The smallest absolute Gasteiger partial charge is 0.328 e. The fourth-order valence-electron chi connectivity index (χ4n) is 7.73. The lowest BCUT2D eigenvalue weighted by atomic mass is 9.44. The van der Waals surface area contributed by atoms with Crippen LogP contribution < -0.4 is 0 Å². The maximum Gasteiger partial charge on any atom is 0.328 e. The number of aliphatic carboxylic acids is 2. The second-order valence-corrected chi connectivity index (χ2v) is 13.8. The van der Waals surface area contributed by atoms with Crippen LogP contribution >= 0.6 is 11.8 Å². The molecule has 238 valence electrons. The second kappa shape index (κ2) is 15.0. The lowest BCUT2D eigenvalue weighted by Gasteiger charge is -2.61. The fourth-order valence-corrected chi connectivity index (χ4v) is 8.49. The molecule has 0 radical (unpaired) electrons. The van der Waals surface area contributed by atoms with Gasteiger partial charge in [-0.3, -0.25) is 9.59 Å². The first-order valence-corrected chi connectivity index (χ1v) is 16.3. The van der Waals surface area contributed by atoms with E-state index < -0.39 is 35.0 Å². The highest BCUT2D eigenvalue weighted by atomic mass is 32.2. The normalized spacial score (nSPS) is 35.9. The summed E-state index contributed by atoms with van der Waals surface area (Å²) in [6.45, 7) is 20.0. The summed E-state index contributed by atoms with van der Waals surface area (Å²) in [6, 6.07) is 0. The number of carbonyl (C=O) groups is 4. The molecule has 3 fully saturated rings. The Bertz CT molecular complexity index is 1010. The summed E-state index contributed by atoms with van der Waals surface area (Å²) in [6.07, 6.45) is 5.76. The third-order valence-electron chi connectivity index (χ3n) is 10.6. The molecule has 3 saturated carbocycles. The van der Waals surface area contributed by atoms with Crippen molar-refractivity contribution in [3.63, 3.8) is 0 Å². The molecule has 10 heteroatoms. The van der Waals surface area contributed by atoms with Crippen LogP contribution in [-0.2, 0) is 23.9 Å². The second-order valence-electron chi connectivity index (χ2n) is 12.7. The number of thioether (sulfide) groups is 1. The summed E-state index contributed by atoms with van der Waals surface area (Å²) < 4.78 is 6.30. The molecule has 0 heterocycles. The number of hydrogen-bond donors (Lipinski definition) is 3. The van der Waals surface area contributed by atoms with E-state index in [4.69, 9.17) is 14.9 Å². The van der Waals surface area contributed by atoms with E-state index in [2.05, 4.69) is 46.1 Å². The molecule has 8 atom stereocenters. The van der Waals surface area contributed by atoms with Crippen molar-refractivity contribution in [1.82, 2.24) is 4.90 Å². The van der Waals surface area contributed by atoms with Crippen LogP contribution in [0.5, 0.6) is 0 Å². The monoisotopic (exact) mass is 609 g/mol. The Kier molecular flexibility index (Phi) is 12.9. The minimum Gasteiger partial charge on any atom is -0.478 e. The Labute approximate surface area is 255 Å². The van der Waals surface area contributed by atoms with Gasteiger partial charge in [-0.15, -0.1) is 18.3 Å². The van der Waals surface area contributed by atoms with Gasteiger partial charge in [-0.05, 0) is 56.0 Å². The quantitative estimate of drug-likeness (QED) is 0.131. The van der Waals surface area contributed by atoms with E-state index in [1.165, 1.54) is 0 Å². The van der Waals surface area contributed by atoms with Gasteiger partial charge in [0.15, 0.2) is 0 Å². The van der Waals surface area contributed by atoms with Gasteiger partial charge >= 0.3 is 17.9 Å². The molecule has 2 unspecified atom stereocenters. The van der Waals surface area contributed by atoms with Gasteiger partial charge in [0.1, 0.15) is 11.9 Å². The van der Waals surface area contributed by atoms with E-state index in [1.807, 2.05) is 13.0 Å². The summed E-state index contributed by atoms with van der Waals surface area (Å²) in [5.41, 5.74) is -1.25. The minimum atomic E-state index is -1.26. The molecule has 0 aromatic heterocycles. The average Bonchev–Trinajstić information content (AvgIpc) is 3.30. The Morgan fingerprint density at radius 2 is 1.69 bits per heavy atom. The molecule has 3 aliphatic carbocycles. The lowest BCUT2D eigenvalue weighted by molar-refractivity contribution is -0.205. The Balaban J connectivity index is 0.000000675. The van der Waals surface area contributed by atoms with Crippen molar-refractivity contribution in [2.75, 3.05) is 31.1 Å². The molecular formula is C32H51NO8S. The van der Waals surface area contributed by atoms with Crippen molar-refractivity contribution in [3.05, 3.63) is 24.8 Å². The largest absolute Gasteiger partial charge is 0.478 e. The van der Waals surface area contributed by atoms with Gasteiger partial charge in [0.05, 0.1) is 11.9 Å². The number of Topliss-reactive ketones (excluding diaryl/α,β-unsaturated/α-hetero) is 1. The van der Waals surface area contributed by atoms with E-state index in [0.717, 1.165) is 44.6 Å². The van der Waals surface area contributed by atoms with Gasteiger partial charge in [-0.1, -0.05) is 47.6 Å². The predicted octanol–water partition coefficient (Wildman–Crippen LogP) is 4.68. The Hall–Kier alpha value is -2.17. The molecule has 0 aromatic rings. The van der Waals surface area contributed by atoms with Crippen LogP contribution in [0.2, 0.25) is 0 Å². The number of nitrogens with zero attached hydrogens (tertiary/aromatic N) is 1. The first-order chi connectivity index (χ1) is 19.6. The minimum absolute atomic E-state index is 0.00828. The van der Waals surface area contributed by atoms with E-state index in [-0.39, 0.29) is 29.1 Å². The maximum atomic E-state index is 13.4. The molecule has 0 aliphatic heterocycles. The average molecular weight is 610 g/mol. The van der Waals surface area contributed by atoms with Gasteiger partial charge in [-0.2, -0.15) is 0 Å². The summed E-state index contributed by atoms with van der Waals surface area (Å²) in [5, 5.41) is 27.2. The molecule has 42 heavy (non-hydrogen) atoms. The highest BCUT2D eigenvalue weighted by Crippen LogP contribution is 2.68. The Morgan fingerprint density at radius 1 is 1.10 bits per heavy atom. The number of rotatable bonds is 11. The molecule has 9 nitrogen and oxygen atoms in total. The molecule has 2 bridgehead atoms. The molecule has 3 rings (SSSR count). The molecule has 3 aliphatic rings. The van der Waals surface area contributed by atoms with E-state index in [0.29, 0.717) is 36.5 Å². The highest BCUT2D eigenvalue weighted by molar-refractivity contribution is 7.99. The number of carboxylic acids is 2. The van der Waals surface area contributed by atoms with Gasteiger partial charge in [0, 0.05) is 47.6 Å². The zero-order valence-electron chi connectivity index (χ0n) is 26.1. The van der Waals surface area contributed by atoms with Gasteiger partial charge < -0.3 is 25.0 Å². The van der Waals surface area contributed by atoms with Crippen molar-refractivity contribution in [3.8, 4) is 0 Å². The van der Waals surface area contributed by atoms with Crippen LogP contribution in [0.25, 0.3) is 0 Å².